The number of nitrogen functional groups attached to an aromatic ring is 1. The fraction of sp³-hybridized carbons (Fsp3) is 0.217. The predicted molar refractivity (Wildman–Crippen MR) is 145 cm³/mol. The van der Waals surface area contributed by atoms with Crippen molar-refractivity contribution in [2.45, 2.75) is 15.8 Å². The maximum Gasteiger partial charge on any atom is 1.00 e. The van der Waals surface area contributed by atoms with E-state index in [9.17, 15) is 19.5 Å². The van der Waals surface area contributed by atoms with Crippen LogP contribution in [0.25, 0.3) is 11.3 Å². The van der Waals surface area contributed by atoms with E-state index >= 15 is 0 Å². The van der Waals surface area contributed by atoms with Crippen molar-refractivity contribution in [3.63, 3.8) is 0 Å². The Balaban J connectivity index is 0.00000353. The number of nitrogens with two attached hydrogens (primary N) is 1. The molecule has 0 radical (unpaired) electrons. The van der Waals surface area contributed by atoms with Crippen LogP contribution < -0.4 is 45.7 Å². The molecule has 39 heavy (non-hydrogen) atoms. The third-order valence-corrected chi connectivity index (χ3v) is 9.73. The van der Waals surface area contributed by atoms with Crippen molar-refractivity contribution in [2.24, 2.45) is 5.16 Å². The number of carbonyl (C=O) groups is 3. The average molecular weight is 611 g/mol. The van der Waals surface area contributed by atoms with Gasteiger partial charge in [0.05, 0.1) is 17.4 Å². The number of nitrogens with zero attached hydrogens (tertiary/aromatic N) is 4. The summed E-state index contributed by atoms with van der Waals surface area (Å²) < 4.78 is 0.786. The fourth-order valence-corrected chi connectivity index (χ4v) is 7.77. The average Bonchev–Trinajstić information content (AvgIpc) is 3.58. The van der Waals surface area contributed by atoms with E-state index in [-0.39, 0.29) is 51.8 Å². The van der Waals surface area contributed by atoms with Crippen LogP contribution in [-0.2, 0) is 19.2 Å². The molecule has 4 heterocycles. The van der Waals surface area contributed by atoms with Gasteiger partial charge < -0.3 is 25.8 Å². The van der Waals surface area contributed by atoms with Crippen molar-refractivity contribution in [1.29, 1.82) is 0 Å². The van der Waals surface area contributed by atoms with Crippen LogP contribution in [0.5, 0.6) is 0 Å². The molecule has 5 rings (SSSR count). The maximum atomic E-state index is 13.0. The van der Waals surface area contributed by atoms with Crippen molar-refractivity contribution in [3.8, 4) is 11.3 Å². The number of hydrogen-bond acceptors (Lipinski definition) is 13. The third kappa shape index (κ3) is 6.19. The summed E-state index contributed by atoms with van der Waals surface area (Å²) in [7, 11) is 1.28. The second kappa shape index (κ2) is 12.8. The number of amides is 2. The number of thioether (sulfide) groups is 2. The van der Waals surface area contributed by atoms with Crippen molar-refractivity contribution in [1.82, 2.24) is 20.2 Å². The number of aliphatic carboxylic acids is 1. The molecule has 196 valence electrons. The molecule has 2 aliphatic heterocycles. The Morgan fingerprint density at radius 1 is 1.26 bits per heavy atom. The van der Waals surface area contributed by atoms with E-state index in [4.69, 9.17) is 10.6 Å². The number of fused-ring (bicyclic) bond motifs is 1. The number of thiazole rings is 2. The Bertz CT molecular complexity index is 1460. The maximum absolute atomic E-state index is 13.0. The Labute approximate surface area is 261 Å². The molecule has 2 aliphatic rings. The van der Waals surface area contributed by atoms with Gasteiger partial charge in [0, 0.05) is 27.8 Å². The number of carboxylic acid groups (broad SMARTS) is 1. The smallest absolute Gasteiger partial charge is 0.543 e. The van der Waals surface area contributed by atoms with Crippen LogP contribution in [0, 0.1) is 0 Å². The van der Waals surface area contributed by atoms with E-state index in [1.54, 1.807) is 5.38 Å². The van der Waals surface area contributed by atoms with Crippen molar-refractivity contribution in [2.75, 3.05) is 24.3 Å². The molecule has 0 spiro atoms. The summed E-state index contributed by atoms with van der Waals surface area (Å²) >= 11 is 5.37. The Morgan fingerprint density at radius 3 is 2.69 bits per heavy atom. The zero-order valence-corrected chi connectivity index (χ0v) is 25.9. The molecule has 0 saturated carbocycles. The number of benzene rings is 1. The first-order valence-corrected chi connectivity index (χ1v) is 14.8. The molecule has 0 aliphatic carbocycles. The molecule has 16 heteroatoms. The molecule has 0 unspecified atom stereocenters. The molecule has 2 atom stereocenters. The minimum absolute atomic E-state index is 0. The van der Waals surface area contributed by atoms with Gasteiger partial charge in [-0.1, -0.05) is 47.2 Å². The Hall–Kier alpha value is -2.40. The second-order valence-corrected chi connectivity index (χ2v) is 12.0. The van der Waals surface area contributed by atoms with Crippen LogP contribution in [0.15, 0.2) is 61.9 Å². The molecule has 3 N–H and O–H groups in total. The summed E-state index contributed by atoms with van der Waals surface area (Å²) in [6.45, 7) is 0. The van der Waals surface area contributed by atoms with Gasteiger partial charge in [-0.2, -0.15) is 0 Å². The van der Waals surface area contributed by atoms with Gasteiger partial charge in [-0.05, 0) is 5.57 Å². The van der Waals surface area contributed by atoms with Gasteiger partial charge in [0.25, 0.3) is 11.8 Å². The summed E-state index contributed by atoms with van der Waals surface area (Å²) in [6, 6.07) is 8.81. The number of nitrogens with one attached hydrogen (secondary N) is 1. The number of rotatable bonds is 9. The Kier molecular flexibility index (Phi) is 9.74. The number of β-lactam (4-membered cyclic amide) rings is 1. The zero-order chi connectivity index (χ0) is 26.8. The molecular weight excluding hydrogens is 592 g/mol. The van der Waals surface area contributed by atoms with Crippen LogP contribution in [0.2, 0.25) is 0 Å². The topological polar surface area (TPSA) is 163 Å². The minimum Gasteiger partial charge on any atom is -0.543 e. The van der Waals surface area contributed by atoms with Gasteiger partial charge in [-0.15, -0.1) is 34.4 Å². The molecular formula is C23H19N6NaO5S4. The van der Waals surface area contributed by atoms with E-state index in [0.717, 1.165) is 26.9 Å². The minimum atomic E-state index is -1.44. The largest absolute Gasteiger partial charge is 1.00 e. The van der Waals surface area contributed by atoms with Gasteiger partial charge in [-0.25, -0.2) is 9.97 Å². The van der Waals surface area contributed by atoms with Crippen molar-refractivity contribution >= 4 is 74.8 Å². The van der Waals surface area contributed by atoms with Crippen molar-refractivity contribution < 1.29 is 53.9 Å². The summed E-state index contributed by atoms with van der Waals surface area (Å²) in [4.78, 5) is 52.6. The molecule has 11 nitrogen and oxygen atoms in total. The monoisotopic (exact) mass is 610 g/mol. The predicted octanol–water partition coefficient (Wildman–Crippen LogP) is -1.60. The SMILES string of the molecule is CO/N=C(\C(=O)N[C@@H]1C(=O)N2C(C(=O)[O-])=C(CSc3nc(-c4ccccc4)cs3)CS[C@H]12)c1csc(N)n1.[Na+]. The van der Waals surface area contributed by atoms with Crippen LogP contribution in [0.3, 0.4) is 0 Å². The van der Waals surface area contributed by atoms with Gasteiger partial charge in [-0.3, -0.25) is 14.5 Å². The first-order valence-electron chi connectivity index (χ1n) is 11.0. The standard InChI is InChI=1S/C23H20N6O5S4.Na/c1-34-28-15(14-10-36-22(24)25-14)18(30)27-16-19(31)29-17(21(32)33)12(7-35-20(16)29)8-37-23-26-13(9-38-23)11-5-3-2-4-6-11;/h2-6,9-10,16,20H,7-8H2,1H3,(H2,24,25)(H,27,30)(H,32,33);/q;+1/p-1/b28-15-;/t16-,20-;/m1./s1. The number of carboxylic acids is 1. The Morgan fingerprint density at radius 2 is 2.03 bits per heavy atom. The number of anilines is 1. The number of oxime groups is 1. The third-order valence-electron chi connectivity index (χ3n) is 5.61. The van der Waals surface area contributed by atoms with Gasteiger partial charge >= 0.3 is 29.6 Å². The summed E-state index contributed by atoms with van der Waals surface area (Å²) in [5, 5.41) is 21.6. The normalized spacial score (nSPS) is 18.6. The quantitative estimate of drug-likeness (QED) is 0.0949. The van der Waals surface area contributed by atoms with Crippen LogP contribution in [0.1, 0.15) is 5.69 Å². The van der Waals surface area contributed by atoms with Gasteiger partial charge in [0.1, 0.15) is 24.2 Å². The molecule has 1 fully saturated rings. The zero-order valence-electron chi connectivity index (χ0n) is 20.7. The molecule has 0 bridgehead atoms. The molecule has 2 amide bonds. The van der Waals surface area contributed by atoms with E-state index in [1.807, 2.05) is 35.7 Å². The van der Waals surface area contributed by atoms with Crippen LogP contribution >= 0.6 is 46.2 Å². The number of aromatic nitrogens is 2. The summed E-state index contributed by atoms with van der Waals surface area (Å²) in [5.41, 5.74) is 7.96. The van der Waals surface area contributed by atoms with E-state index < -0.39 is 29.2 Å². The number of carbonyl (C=O) groups excluding carboxylic acids is 3. The number of hydrogen-bond donors (Lipinski definition) is 2. The first-order chi connectivity index (χ1) is 18.4. The van der Waals surface area contributed by atoms with Crippen molar-refractivity contribution in [3.05, 3.63) is 58.1 Å². The molecule has 2 aromatic heterocycles. The molecule has 1 aromatic carbocycles. The summed E-state index contributed by atoms with van der Waals surface area (Å²) in [5.74, 6) is -1.98. The second-order valence-electron chi connectivity index (χ2n) is 7.95. The molecule has 3 aromatic rings. The van der Waals surface area contributed by atoms with E-state index in [0.29, 0.717) is 17.1 Å². The molecule has 1 saturated heterocycles. The van der Waals surface area contributed by atoms with Gasteiger partial charge in [0.2, 0.25) is 0 Å². The van der Waals surface area contributed by atoms with E-state index in [2.05, 4.69) is 20.4 Å². The van der Waals surface area contributed by atoms with Crippen LogP contribution in [0.4, 0.5) is 5.13 Å². The van der Waals surface area contributed by atoms with Gasteiger partial charge in [0.15, 0.2) is 15.2 Å². The summed E-state index contributed by atoms with van der Waals surface area (Å²) in [6.07, 6.45) is 0. The fourth-order valence-electron chi connectivity index (χ4n) is 3.90. The van der Waals surface area contributed by atoms with Crippen LogP contribution in [-0.4, -0.2) is 68.4 Å². The van der Waals surface area contributed by atoms with E-state index in [1.165, 1.54) is 46.9 Å². The first kappa shape index (κ1) is 29.6.